The summed E-state index contributed by atoms with van der Waals surface area (Å²) in [6.07, 6.45) is 0.934. The predicted molar refractivity (Wildman–Crippen MR) is 100 cm³/mol. The normalized spacial score (nSPS) is 22.0. The van der Waals surface area contributed by atoms with Crippen LogP contribution in [-0.4, -0.2) is 48.4 Å². The van der Waals surface area contributed by atoms with Crippen LogP contribution >= 0.6 is 0 Å². The van der Waals surface area contributed by atoms with Gasteiger partial charge in [-0.15, -0.1) is 0 Å². The molecule has 2 heterocycles. The average molecular weight is 343 g/mol. The van der Waals surface area contributed by atoms with Crippen LogP contribution in [0.4, 0.5) is 0 Å². The Morgan fingerprint density at radius 3 is 2.84 bits per heavy atom. The quantitative estimate of drug-likeness (QED) is 0.927. The number of rotatable bonds is 4. The summed E-state index contributed by atoms with van der Waals surface area (Å²) in [5.41, 5.74) is 7.09. The fourth-order valence-corrected chi connectivity index (χ4v) is 3.54. The Morgan fingerprint density at radius 1 is 1.44 bits per heavy atom. The van der Waals surface area contributed by atoms with E-state index in [0.29, 0.717) is 6.54 Å². The summed E-state index contributed by atoms with van der Waals surface area (Å²) in [5.74, 6) is 0.928. The number of carbonyl (C=O) groups excluding carboxylic acids is 1. The van der Waals surface area contributed by atoms with Crippen molar-refractivity contribution >= 4 is 16.9 Å². The molecule has 1 fully saturated rings. The van der Waals surface area contributed by atoms with Crippen LogP contribution in [0.25, 0.3) is 11.0 Å². The number of para-hydroxylation sites is 1. The summed E-state index contributed by atoms with van der Waals surface area (Å²) in [7, 11) is 1.85. The van der Waals surface area contributed by atoms with E-state index in [4.69, 9.17) is 10.2 Å². The van der Waals surface area contributed by atoms with Crippen molar-refractivity contribution in [2.75, 3.05) is 26.7 Å². The highest BCUT2D eigenvalue weighted by molar-refractivity contribution is 5.80. The molecule has 3 rings (SSSR count). The van der Waals surface area contributed by atoms with Gasteiger partial charge in [0.2, 0.25) is 5.91 Å². The van der Waals surface area contributed by atoms with Crippen LogP contribution in [0.5, 0.6) is 0 Å². The summed E-state index contributed by atoms with van der Waals surface area (Å²) in [4.78, 5) is 16.7. The lowest BCUT2D eigenvalue weighted by atomic mass is 9.80. The van der Waals surface area contributed by atoms with Crippen LogP contribution in [0.15, 0.2) is 34.7 Å². The number of benzene rings is 1. The van der Waals surface area contributed by atoms with E-state index in [-0.39, 0.29) is 23.4 Å². The average Bonchev–Trinajstić information content (AvgIpc) is 3.00. The smallest absolute Gasteiger partial charge is 0.237 e. The molecule has 2 aromatic rings. The molecule has 5 heteroatoms. The Morgan fingerprint density at radius 2 is 2.16 bits per heavy atom. The van der Waals surface area contributed by atoms with E-state index in [0.717, 1.165) is 36.2 Å². The van der Waals surface area contributed by atoms with Crippen LogP contribution in [0.2, 0.25) is 0 Å². The van der Waals surface area contributed by atoms with Crippen LogP contribution in [-0.2, 0) is 4.79 Å². The number of hydrogen-bond donors (Lipinski definition) is 1. The number of nitrogens with zero attached hydrogens (tertiary/aromatic N) is 2. The van der Waals surface area contributed by atoms with Crippen molar-refractivity contribution in [1.82, 2.24) is 9.80 Å². The molecule has 1 amide bonds. The molecular weight excluding hydrogens is 314 g/mol. The molecule has 2 N–H and O–H groups in total. The van der Waals surface area contributed by atoms with Crippen molar-refractivity contribution in [3.63, 3.8) is 0 Å². The van der Waals surface area contributed by atoms with Crippen molar-refractivity contribution in [1.29, 1.82) is 0 Å². The number of amides is 1. The number of carbonyl (C=O) groups is 1. The maximum absolute atomic E-state index is 12.7. The second kappa shape index (κ2) is 6.81. The zero-order valence-electron chi connectivity index (χ0n) is 15.7. The lowest BCUT2D eigenvalue weighted by Gasteiger charge is -2.42. The van der Waals surface area contributed by atoms with Gasteiger partial charge in [0.1, 0.15) is 11.3 Å². The molecule has 25 heavy (non-hydrogen) atoms. The maximum atomic E-state index is 12.7. The van der Waals surface area contributed by atoms with Crippen molar-refractivity contribution < 1.29 is 9.21 Å². The van der Waals surface area contributed by atoms with Crippen molar-refractivity contribution in [2.45, 2.75) is 39.3 Å². The topological polar surface area (TPSA) is 62.7 Å². The molecule has 1 saturated heterocycles. The number of hydrogen-bond acceptors (Lipinski definition) is 4. The third kappa shape index (κ3) is 3.72. The Labute approximate surface area is 149 Å². The van der Waals surface area contributed by atoms with Gasteiger partial charge in [0.15, 0.2) is 0 Å². The number of fused-ring (bicyclic) bond motifs is 1. The molecule has 1 aromatic heterocycles. The molecule has 0 aliphatic carbocycles. The van der Waals surface area contributed by atoms with Crippen LogP contribution in [0, 0.1) is 5.41 Å². The minimum Gasteiger partial charge on any atom is -0.459 e. The Bertz CT molecular complexity index is 719. The highest BCUT2D eigenvalue weighted by atomic mass is 16.3. The first-order valence-corrected chi connectivity index (χ1v) is 9.00. The Balaban J connectivity index is 1.65. The summed E-state index contributed by atoms with van der Waals surface area (Å²) in [5, 5.41) is 1.07. The van der Waals surface area contributed by atoms with Gasteiger partial charge in [-0.05, 0) is 30.9 Å². The van der Waals surface area contributed by atoms with Crippen molar-refractivity contribution in [2.24, 2.45) is 11.1 Å². The first-order valence-electron chi connectivity index (χ1n) is 9.00. The third-order valence-electron chi connectivity index (χ3n) is 5.58. The monoisotopic (exact) mass is 343 g/mol. The van der Waals surface area contributed by atoms with Crippen LogP contribution in [0.3, 0.4) is 0 Å². The van der Waals surface area contributed by atoms with Gasteiger partial charge in [-0.25, -0.2) is 0 Å². The molecule has 0 saturated carbocycles. The second-order valence-corrected chi connectivity index (χ2v) is 7.96. The number of furan rings is 1. The van der Waals surface area contributed by atoms with Crippen molar-refractivity contribution in [3.8, 4) is 0 Å². The van der Waals surface area contributed by atoms with Gasteiger partial charge >= 0.3 is 0 Å². The van der Waals surface area contributed by atoms with Crippen molar-refractivity contribution in [3.05, 3.63) is 36.1 Å². The lowest BCUT2D eigenvalue weighted by molar-refractivity contribution is -0.134. The Hall–Kier alpha value is -1.85. The largest absolute Gasteiger partial charge is 0.459 e. The first kappa shape index (κ1) is 18.0. The zero-order chi connectivity index (χ0) is 18.2. The van der Waals surface area contributed by atoms with Gasteiger partial charge in [-0.2, -0.15) is 0 Å². The molecule has 2 unspecified atom stereocenters. The minimum absolute atomic E-state index is 0.0431. The van der Waals surface area contributed by atoms with E-state index < -0.39 is 0 Å². The highest BCUT2D eigenvalue weighted by Crippen LogP contribution is 2.29. The number of nitrogens with two attached hydrogens (primary N) is 1. The minimum atomic E-state index is -0.0973. The van der Waals surface area contributed by atoms with E-state index in [1.807, 2.05) is 44.3 Å². The summed E-state index contributed by atoms with van der Waals surface area (Å²) >= 11 is 0. The molecule has 0 bridgehead atoms. The van der Waals surface area contributed by atoms with Gasteiger partial charge in [-0.1, -0.05) is 32.0 Å². The number of piperidine rings is 1. The van der Waals surface area contributed by atoms with Gasteiger partial charge < -0.3 is 15.1 Å². The van der Waals surface area contributed by atoms with Crippen LogP contribution < -0.4 is 5.73 Å². The van der Waals surface area contributed by atoms with E-state index in [1.165, 1.54) is 0 Å². The molecule has 5 nitrogen and oxygen atoms in total. The Kier molecular flexibility index (Phi) is 4.89. The molecule has 0 radical (unpaired) electrons. The lowest BCUT2D eigenvalue weighted by Crippen LogP contribution is -2.54. The van der Waals surface area contributed by atoms with E-state index >= 15 is 0 Å². The summed E-state index contributed by atoms with van der Waals surface area (Å²) in [6, 6.07) is 10.0. The standard InChI is InChI=1S/C20H29N3O2/c1-14(17-11-15-7-5-6-8-16(15)25-17)22(4)19(24)12-23-10-9-18(21)20(2,3)13-23/h5-8,11,14,18H,9-10,12-13,21H2,1-4H3. The zero-order valence-corrected chi connectivity index (χ0v) is 15.7. The molecule has 1 aliphatic rings. The summed E-state index contributed by atoms with van der Waals surface area (Å²) < 4.78 is 5.91. The van der Waals surface area contributed by atoms with Gasteiger partial charge in [-0.3, -0.25) is 9.69 Å². The molecule has 136 valence electrons. The number of likely N-dealkylation sites (N-methyl/N-ethyl adjacent to an activating group) is 1. The number of likely N-dealkylation sites (tertiary alicyclic amines) is 1. The fraction of sp³-hybridized carbons (Fsp3) is 0.550. The molecule has 0 spiro atoms. The van der Waals surface area contributed by atoms with Gasteiger partial charge in [0.05, 0.1) is 12.6 Å². The molecule has 2 atom stereocenters. The predicted octanol–water partition coefficient (Wildman–Crippen LogP) is 3.01. The third-order valence-corrected chi connectivity index (χ3v) is 5.58. The van der Waals surface area contributed by atoms with Gasteiger partial charge in [0.25, 0.3) is 0 Å². The van der Waals surface area contributed by atoms with Gasteiger partial charge in [0, 0.05) is 31.6 Å². The van der Waals surface area contributed by atoms with E-state index in [2.05, 4.69) is 18.7 Å². The van der Waals surface area contributed by atoms with Crippen LogP contribution in [0.1, 0.15) is 39.0 Å². The molecular formula is C20H29N3O2. The fourth-order valence-electron chi connectivity index (χ4n) is 3.54. The van der Waals surface area contributed by atoms with E-state index in [9.17, 15) is 4.79 Å². The highest BCUT2D eigenvalue weighted by Gasteiger charge is 2.34. The SMILES string of the molecule is CC(c1cc2ccccc2o1)N(C)C(=O)CN1CCC(N)C(C)(C)C1. The second-order valence-electron chi connectivity index (χ2n) is 7.96. The van der Waals surface area contributed by atoms with E-state index in [1.54, 1.807) is 4.90 Å². The summed E-state index contributed by atoms with van der Waals surface area (Å²) in [6.45, 7) is 8.52. The first-order chi connectivity index (χ1) is 11.8. The molecule has 1 aliphatic heterocycles. The maximum Gasteiger partial charge on any atom is 0.237 e. The molecule has 1 aromatic carbocycles.